The molecule has 19 heavy (non-hydrogen) atoms. The molecule has 1 amide bonds. The van der Waals surface area contributed by atoms with Crippen molar-refractivity contribution in [2.45, 2.75) is 25.8 Å². The van der Waals surface area contributed by atoms with Crippen molar-refractivity contribution >= 4 is 18.0 Å². The molecule has 1 heterocycles. The molecule has 5 nitrogen and oxygen atoms in total. The number of aliphatic carboxylic acids is 1. The van der Waals surface area contributed by atoms with Crippen LogP contribution in [0.2, 0.25) is 0 Å². The first-order valence-corrected chi connectivity index (χ1v) is 6.23. The molecule has 1 aliphatic carbocycles. The zero-order chi connectivity index (χ0) is 13.8. The molecule has 1 saturated carbocycles. The van der Waals surface area contributed by atoms with Crippen LogP contribution < -0.4 is 5.32 Å². The number of aromatic nitrogens is 1. The van der Waals surface area contributed by atoms with Gasteiger partial charge in [-0.2, -0.15) is 0 Å². The molecule has 1 aromatic rings. The van der Waals surface area contributed by atoms with E-state index in [0.29, 0.717) is 17.0 Å². The Kier molecular flexibility index (Phi) is 3.94. The number of carbonyl (C=O) groups excluding carboxylic acids is 1. The highest BCUT2D eigenvalue weighted by atomic mass is 16.4. The quantitative estimate of drug-likeness (QED) is 0.790. The van der Waals surface area contributed by atoms with Crippen LogP contribution in [0, 0.1) is 5.92 Å². The number of amides is 1. The minimum atomic E-state index is -1.03. The van der Waals surface area contributed by atoms with Gasteiger partial charge in [-0.15, -0.1) is 0 Å². The lowest BCUT2D eigenvalue weighted by molar-refractivity contribution is -0.131. The topological polar surface area (TPSA) is 79.3 Å². The summed E-state index contributed by atoms with van der Waals surface area (Å²) >= 11 is 0. The number of rotatable bonds is 5. The second-order valence-corrected chi connectivity index (χ2v) is 4.78. The smallest absolute Gasteiger partial charge is 0.328 e. The number of carboxylic acids is 1. The van der Waals surface area contributed by atoms with Gasteiger partial charge in [0.1, 0.15) is 0 Å². The van der Waals surface area contributed by atoms with Crippen molar-refractivity contribution < 1.29 is 14.7 Å². The minimum Gasteiger partial charge on any atom is -0.478 e. The maximum atomic E-state index is 12.0. The van der Waals surface area contributed by atoms with Gasteiger partial charge in [0.25, 0.3) is 5.91 Å². The van der Waals surface area contributed by atoms with Gasteiger partial charge in [-0.3, -0.25) is 9.78 Å². The summed E-state index contributed by atoms with van der Waals surface area (Å²) in [7, 11) is 0. The van der Waals surface area contributed by atoms with E-state index in [-0.39, 0.29) is 11.9 Å². The third-order valence-corrected chi connectivity index (χ3v) is 3.13. The molecule has 0 bridgehead atoms. The zero-order valence-corrected chi connectivity index (χ0v) is 10.7. The molecule has 0 radical (unpaired) electrons. The van der Waals surface area contributed by atoms with Crippen LogP contribution in [0.15, 0.2) is 24.5 Å². The Bertz CT molecular complexity index is 521. The largest absolute Gasteiger partial charge is 0.478 e. The Morgan fingerprint density at radius 1 is 1.47 bits per heavy atom. The first-order valence-electron chi connectivity index (χ1n) is 6.23. The van der Waals surface area contributed by atoms with E-state index >= 15 is 0 Å². The average molecular weight is 260 g/mol. The summed E-state index contributed by atoms with van der Waals surface area (Å²) in [5.41, 5.74) is 1.04. The maximum absolute atomic E-state index is 12.0. The second kappa shape index (κ2) is 5.65. The fraction of sp³-hybridized carbons (Fsp3) is 0.357. The van der Waals surface area contributed by atoms with Crippen LogP contribution in [0.1, 0.15) is 35.7 Å². The van der Waals surface area contributed by atoms with E-state index < -0.39 is 5.97 Å². The van der Waals surface area contributed by atoms with Gasteiger partial charge in [0.05, 0.1) is 5.56 Å². The van der Waals surface area contributed by atoms with Gasteiger partial charge in [-0.25, -0.2) is 4.79 Å². The van der Waals surface area contributed by atoms with Gasteiger partial charge < -0.3 is 10.4 Å². The Labute approximate surface area is 111 Å². The van der Waals surface area contributed by atoms with Gasteiger partial charge in [0.15, 0.2) is 0 Å². The average Bonchev–Trinajstić information content (AvgIpc) is 3.21. The second-order valence-electron chi connectivity index (χ2n) is 4.78. The van der Waals surface area contributed by atoms with Gasteiger partial charge in [0.2, 0.25) is 0 Å². The fourth-order valence-electron chi connectivity index (χ4n) is 1.84. The van der Waals surface area contributed by atoms with Crippen LogP contribution in [-0.4, -0.2) is 28.0 Å². The van der Waals surface area contributed by atoms with Crippen LogP contribution >= 0.6 is 0 Å². The molecule has 0 saturated heterocycles. The molecule has 2 rings (SSSR count). The number of hydrogen-bond acceptors (Lipinski definition) is 3. The SMILES string of the molecule is CC(NC(=O)c1cncc(/C=C/C(=O)O)c1)C1CC1. The lowest BCUT2D eigenvalue weighted by Gasteiger charge is -2.12. The van der Waals surface area contributed by atoms with E-state index in [1.807, 2.05) is 6.92 Å². The minimum absolute atomic E-state index is 0.169. The van der Waals surface area contributed by atoms with Crippen molar-refractivity contribution in [2.24, 2.45) is 5.92 Å². The molecule has 0 aromatic carbocycles. The zero-order valence-electron chi connectivity index (χ0n) is 10.7. The number of nitrogens with one attached hydrogen (secondary N) is 1. The van der Waals surface area contributed by atoms with Gasteiger partial charge in [-0.05, 0) is 43.4 Å². The fourth-order valence-corrected chi connectivity index (χ4v) is 1.84. The molecule has 1 aliphatic rings. The molecule has 1 atom stereocenters. The van der Waals surface area contributed by atoms with E-state index in [4.69, 9.17) is 5.11 Å². The van der Waals surface area contributed by atoms with E-state index in [0.717, 1.165) is 6.08 Å². The summed E-state index contributed by atoms with van der Waals surface area (Å²) in [4.78, 5) is 26.4. The predicted octanol–water partition coefficient (Wildman–Crippen LogP) is 1.71. The van der Waals surface area contributed by atoms with Gasteiger partial charge in [-0.1, -0.05) is 0 Å². The van der Waals surface area contributed by atoms with Crippen molar-refractivity contribution in [2.75, 3.05) is 0 Å². The summed E-state index contributed by atoms with van der Waals surface area (Å²) in [6.07, 6.45) is 7.76. The highest BCUT2D eigenvalue weighted by molar-refractivity contribution is 5.95. The normalized spacial score (nSPS) is 16.3. The molecule has 0 aliphatic heterocycles. The third kappa shape index (κ3) is 3.91. The van der Waals surface area contributed by atoms with E-state index in [1.54, 1.807) is 6.07 Å². The van der Waals surface area contributed by atoms with Crippen molar-refractivity contribution in [1.29, 1.82) is 0 Å². The van der Waals surface area contributed by atoms with Crippen LogP contribution in [-0.2, 0) is 4.79 Å². The molecule has 100 valence electrons. The van der Waals surface area contributed by atoms with Crippen molar-refractivity contribution in [3.8, 4) is 0 Å². The van der Waals surface area contributed by atoms with Crippen molar-refractivity contribution in [1.82, 2.24) is 10.3 Å². The molecule has 0 spiro atoms. The highest BCUT2D eigenvalue weighted by Crippen LogP contribution is 2.32. The lowest BCUT2D eigenvalue weighted by Crippen LogP contribution is -2.34. The van der Waals surface area contributed by atoms with Crippen LogP contribution in [0.5, 0.6) is 0 Å². The predicted molar refractivity (Wildman–Crippen MR) is 70.6 cm³/mol. The third-order valence-electron chi connectivity index (χ3n) is 3.13. The molecule has 1 unspecified atom stereocenters. The number of nitrogens with zero attached hydrogens (tertiary/aromatic N) is 1. The van der Waals surface area contributed by atoms with E-state index in [1.165, 1.54) is 31.3 Å². The van der Waals surface area contributed by atoms with E-state index in [2.05, 4.69) is 10.3 Å². The summed E-state index contributed by atoms with van der Waals surface area (Å²) in [5.74, 6) is -0.610. The Hall–Kier alpha value is -2.17. The van der Waals surface area contributed by atoms with Crippen molar-refractivity contribution in [3.63, 3.8) is 0 Å². The summed E-state index contributed by atoms with van der Waals surface area (Å²) in [6.45, 7) is 2.00. The maximum Gasteiger partial charge on any atom is 0.328 e. The van der Waals surface area contributed by atoms with Crippen LogP contribution in [0.3, 0.4) is 0 Å². The first kappa shape index (κ1) is 13.3. The molecular formula is C14H16N2O3. The number of carbonyl (C=O) groups is 2. The molecule has 1 aromatic heterocycles. The number of hydrogen-bond donors (Lipinski definition) is 2. The number of carboxylic acid groups (broad SMARTS) is 1. The summed E-state index contributed by atoms with van der Waals surface area (Å²) < 4.78 is 0. The highest BCUT2D eigenvalue weighted by Gasteiger charge is 2.29. The Morgan fingerprint density at radius 2 is 2.21 bits per heavy atom. The summed E-state index contributed by atoms with van der Waals surface area (Å²) in [6, 6.07) is 1.80. The Balaban J connectivity index is 2.04. The molecule has 5 heteroatoms. The van der Waals surface area contributed by atoms with Gasteiger partial charge >= 0.3 is 5.97 Å². The van der Waals surface area contributed by atoms with Crippen LogP contribution in [0.25, 0.3) is 6.08 Å². The van der Waals surface area contributed by atoms with Crippen molar-refractivity contribution in [3.05, 3.63) is 35.7 Å². The molecule has 1 fully saturated rings. The molecule has 2 N–H and O–H groups in total. The van der Waals surface area contributed by atoms with Crippen LogP contribution in [0.4, 0.5) is 0 Å². The standard InChI is InChI=1S/C14H16N2O3/c1-9(11-3-4-11)16-14(19)12-6-10(7-15-8-12)2-5-13(17)18/h2,5-9,11H,3-4H2,1H3,(H,16,19)(H,17,18)/b5-2+. The van der Waals surface area contributed by atoms with E-state index in [9.17, 15) is 9.59 Å². The Morgan fingerprint density at radius 3 is 2.84 bits per heavy atom. The lowest BCUT2D eigenvalue weighted by atomic mass is 10.1. The monoisotopic (exact) mass is 260 g/mol. The molecular weight excluding hydrogens is 244 g/mol. The number of pyridine rings is 1. The summed E-state index contributed by atoms with van der Waals surface area (Å²) in [5, 5.41) is 11.5. The van der Waals surface area contributed by atoms with Gasteiger partial charge in [0, 0.05) is 24.5 Å². The first-order chi connectivity index (χ1) is 9.06.